The summed E-state index contributed by atoms with van der Waals surface area (Å²) >= 11 is 0. The fourth-order valence-corrected chi connectivity index (χ4v) is 2.50. The Kier molecular flexibility index (Phi) is 5.59. The number of rotatable bonds is 5. The number of benzene rings is 2. The maximum Gasteiger partial charge on any atom is 0.274 e. The van der Waals surface area contributed by atoms with Crippen molar-refractivity contribution in [3.63, 3.8) is 0 Å². The molecule has 0 atom stereocenters. The molecule has 7 nitrogen and oxygen atoms in total. The largest absolute Gasteiger partial charge is 0.340 e. The van der Waals surface area contributed by atoms with Crippen molar-refractivity contribution in [2.24, 2.45) is 0 Å². The first-order valence-corrected chi connectivity index (χ1v) is 8.46. The molecule has 0 aliphatic carbocycles. The van der Waals surface area contributed by atoms with Gasteiger partial charge in [0.05, 0.1) is 0 Å². The summed E-state index contributed by atoms with van der Waals surface area (Å²) in [7, 11) is 0. The van der Waals surface area contributed by atoms with Crippen LogP contribution in [0, 0.1) is 12.7 Å². The van der Waals surface area contributed by atoms with Crippen molar-refractivity contribution < 1.29 is 14.0 Å². The maximum absolute atomic E-state index is 13.0. The molecule has 1 heterocycles. The van der Waals surface area contributed by atoms with Gasteiger partial charge in [0, 0.05) is 30.1 Å². The van der Waals surface area contributed by atoms with E-state index in [0.717, 1.165) is 0 Å². The summed E-state index contributed by atoms with van der Waals surface area (Å²) in [6.07, 6.45) is 0. The van der Waals surface area contributed by atoms with Crippen molar-refractivity contribution in [3.8, 4) is 0 Å². The average molecular weight is 379 g/mol. The molecule has 0 saturated heterocycles. The highest BCUT2D eigenvalue weighted by Gasteiger charge is 2.12. The van der Waals surface area contributed by atoms with E-state index in [1.165, 1.54) is 25.1 Å². The lowest BCUT2D eigenvalue weighted by Crippen LogP contribution is -2.15. The number of nitrogens with one attached hydrogen (secondary N) is 3. The van der Waals surface area contributed by atoms with Crippen LogP contribution in [0.4, 0.5) is 27.3 Å². The Morgan fingerprint density at radius 1 is 0.893 bits per heavy atom. The second-order valence-corrected chi connectivity index (χ2v) is 6.03. The van der Waals surface area contributed by atoms with Crippen molar-refractivity contribution in [1.29, 1.82) is 0 Å². The van der Waals surface area contributed by atoms with E-state index in [0.29, 0.717) is 28.7 Å². The Bertz CT molecular complexity index is 1020. The predicted octanol–water partition coefficient (Wildman–Crippen LogP) is 3.88. The molecule has 0 aliphatic heterocycles. The molecule has 8 heteroatoms. The van der Waals surface area contributed by atoms with E-state index in [2.05, 4.69) is 25.9 Å². The molecule has 2 amide bonds. The SMILES string of the molecule is CC(=O)Nc1cccc(NC(=O)c2cc(Nc3ccc(F)cc3)nc(C)n2)c1. The van der Waals surface area contributed by atoms with Crippen molar-refractivity contribution in [1.82, 2.24) is 9.97 Å². The number of carbonyl (C=O) groups is 2. The average Bonchev–Trinajstić information content (AvgIpc) is 2.63. The molecule has 28 heavy (non-hydrogen) atoms. The van der Waals surface area contributed by atoms with Crippen molar-refractivity contribution >= 4 is 34.7 Å². The molecule has 1 aromatic heterocycles. The number of anilines is 4. The molecule has 0 unspecified atom stereocenters. The lowest BCUT2D eigenvalue weighted by atomic mass is 10.2. The number of nitrogens with zero attached hydrogens (tertiary/aromatic N) is 2. The van der Waals surface area contributed by atoms with Crippen molar-refractivity contribution in [2.45, 2.75) is 13.8 Å². The van der Waals surface area contributed by atoms with Crippen LogP contribution in [0.15, 0.2) is 54.6 Å². The number of amides is 2. The van der Waals surface area contributed by atoms with Gasteiger partial charge in [0.25, 0.3) is 5.91 Å². The first-order chi connectivity index (χ1) is 13.4. The fraction of sp³-hybridized carbons (Fsp3) is 0.100. The molecule has 0 spiro atoms. The first-order valence-electron chi connectivity index (χ1n) is 8.46. The summed E-state index contributed by atoms with van der Waals surface area (Å²) in [4.78, 5) is 32.2. The predicted molar refractivity (Wildman–Crippen MR) is 105 cm³/mol. The van der Waals surface area contributed by atoms with Gasteiger partial charge in [0.1, 0.15) is 23.2 Å². The number of carbonyl (C=O) groups excluding carboxylic acids is 2. The van der Waals surface area contributed by atoms with Gasteiger partial charge in [0.15, 0.2) is 0 Å². The third-order valence-electron chi connectivity index (χ3n) is 3.63. The zero-order chi connectivity index (χ0) is 20.1. The van der Waals surface area contributed by atoms with Crippen LogP contribution in [0.25, 0.3) is 0 Å². The minimum Gasteiger partial charge on any atom is -0.340 e. The molecule has 3 N–H and O–H groups in total. The molecule has 3 aromatic rings. The molecule has 0 radical (unpaired) electrons. The molecular weight excluding hydrogens is 361 g/mol. The van der Waals surface area contributed by atoms with Crippen LogP contribution in [0.3, 0.4) is 0 Å². The van der Waals surface area contributed by atoms with E-state index < -0.39 is 5.91 Å². The number of hydrogen-bond donors (Lipinski definition) is 3. The summed E-state index contributed by atoms with van der Waals surface area (Å²) in [6.45, 7) is 3.08. The van der Waals surface area contributed by atoms with Gasteiger partial charge in [-0.3, -0.25) is 9.59 Å². The maximum atomic E-state index is 13.0. The monoisotopic (exact) mass is 379 g/mol. The smallest absolute Gasteiger partial charge is 0.274 e. The van der Waals surface area contributed by atoms with E-state index in [1.807, 2.05) is 0 Å². The van der Waals surface area contributed by atoms with E-state index >= 15 is 0 Å². The summed E-state index contributed by atoms with van der Waals surface area (Å²) in [6, 6.07) is 14.1. The topological polar surface area (TPSA) is 96.0 Å². The van der Waals surface area contributed by atoms with Gasteiger partial charge in [-0.05, 0) is 49.4 Å². The van der Waals surface area contributed by atoms with Gasteiger partial charge in [-0.15, -0.1) is 0 Å². The molecule has 2 aromatic carbocycles. The second-order valence-electron chi connectivity index (χ2n) is 6.03. The molecule has 0 saturated carbocycles. The lowest BCUT2D eigenvalue weighted by molar-refractivity contribution is -0.114. The Morgan fingerprint density at radius 2 is 1.57 bits per heavy atom. The van der Waals surface area contributed by atoms with Gasteiger partial charge in [0.2, 0.25) is 5.91 Å². The molecule has 142 valence electrons. The minimum absolute atomic E-state index is 0.169. The highest BCUT2D eigenvalue weighted by molar-refractivity contribution is 6.03. The zero-order valence-corrected chi connectivity index (χ0v) is 15.3. The number of aromatic nitrogens is 2. The Balaban J connectivity index is 1.77. The van der Waals surface area contributed by atoms with Gasteiger partial charge < -0.3 is 16.0 Å². The number of aryl methyl sites for hydroxylation is 1. The highest BCUT2D eigenvalue weighted by atomic mass is 19.1. The summed E-state index contributed by atoms with van der Waals surface area (Å²) in [5, 5.41) is 8.41. The van der Waals surface area contributed by atoms with Crippen LogP contribution < -0.4 is 16.0 Å². The lowest BCUT2D eigenvalue weighted by Gasteiger charge is -2.10. The Labute approximate surface area is 161 Å². The normalized spacial score (nSPS) is 10.2. The van der Waals surface area contributed by atoms with Crippen LogP contribution in [-0.4, -0.2) is 21.8 Å². The van der Waals surface area contributed by atoms with E-state index in [4.69, 9.17) is 0 Å². The quantitative estimate of drug-likeness (QED) is 0.625. The Hall–Kier alpha value is -3.81. The highest BCUT2D eigenvalue weighted by Crippen LogP contribution is 2.18. The van der Waals surface area contributed by atoms with Crippen LogP contribution >= 0.6 is 0 Å². The van der Waals surface area contributed by atoms with Crippen LogP contribution in [0.1, 0.15) is 23.2 Å². The summed E-state index contributed by atoms with van der Waals surface area (Å²) in [5.74, 6) is -0.148. The Morgan fingerprint density at radius 3 is 2.25 bits per heavy atom. The van der Waals surface area contributed by atoms with Gasteiger partial charge >= 0.3 is 0 Å². The number of halogens is 1. The van der Waals surface area contributed by atoms with Crippen molar-refractivity contribution in [3.05, 3.63) is 71.9 Å². The van der Waals surface area contributed by atoms with E-state index in [1.54, 1.807) is 43.3 Å². The van der Waals surface area contributed by atoms with Crippen molar-refractivity contribution in [2.75, 3.05) is 16.0 Å². The molecule has 3 rings (SSSR count). The number of hydrogen-bond acceptors (Lipinski definition) is 5. The van der Waals surface area contributed by atoms with Gasteiger partial charge in [-0.1, -0.05) is 6.07 Å². The molecule has 0 fully saturated rings. The second kappa shape index (κ2) is 8.26. The van der Waals surface area contributed by atoms with Crippen LogP contribution in [0.2, 0.25) is 0 Å². The third-order valence-corrected chi connectivity index (χ3v) is 3.63. The van der Waals surface area contributed by atoms with Gasteiger partial charge in [-0.2, -0.15) is 0 Å². The summed E-state index contributed by atoms with van der Waals surface area (Å²) in [5.41, 5.74) is 1.89. The van der Waals surface area contributed by atoms with E-state index in [9.17, 15) is 14.0 Å². The molecule has 0 bridgehead atoms. The van der Waals surface area contributed by atoms with Gasteiger partial charge in [-0.25, -0.2) is 14.4 Å². The molecule has 0 aliphatic rings. The van der Waals surface area contributed by atoms with E-state index in [-0.39, 0.29) is 17.4 Å². The zero-order valence-electron chi connectivity index (χ0n) is 15.3. The molecular formula is C20H18FN5O2. The minimum atomic E-state index is -0.423. The fourth-order valence-electron chi connectivity index (χ4n) is 2.50. The van der Waals surface area contributed by atoms with Crippen LogP contribution in [-0.2, 0) is 4.79 Å². The first kappa shape index (κ1) is 19.0. The third kappa shape index (κ3) is 5.10. The van der Waals surface area contributed by atoms with Crippen LogP contribution in [0.5, 0.6) is 0 Å². The standard InChI is InChI=1S/C20H18FN5O2/c1-12-22-18(11-19(23-12)25-15-8-6-14(21)7-9-15)20(28)26-17-5-3-4-16(10-17)24-13(2)27/h3-11H,1-2H3,(H,24,27)(H,26,28)(H,22,23,25). The summed E-state index contributed by atoms with van der Waals surface area (Å²) < 4.78 is 13.0.